The maximum Gasteiger partial charge on any atom is 0.233 e. The lowest BCUT2D eigenvalue weighted by Gasteiger charge is -2.14. The van der Waals surface area contributed by atoms with Crippen molar-refractivity contribution in [1.29, 1.82) is 0 Å². The van der Waals surface area contributed by atoms with Crippen molar-refractivity contribution in [2.45, 2.75) is 52.9 Å². The Labute approximate surface area is 156 Å². The Hall–Kier alpha value is -2.62. The van der Waals surface area contributed by atoms with E-state index >= 15 is 0 Å². The van der Waals surface area contributed by atoms with E-state index in [0.29, 0.717) is 11.6 Å². The van der Waals surface area contributed by atoms with Gasteiger partial charge in [-0.05, 0) is 47.6 Å². The molecule has 0 saturated carbocycles. The van der Waals surface area contributed by atoms with Gasteiger partial charge in [0.05, 0.1) is 0 Å². The number of carbonyl (C=O) groups is 2. The third-order valence-electron chi connectivity index (χ3n) is 4.45. The summed E-state index contributed by atoms with van der Waals surface area (Å²) in [6, 6.07) is 13.7. The molecule has 0 aliphatic heterocycles. The lowest BCUT2D eigenvalue weighted by Crippen LogP contribution is -2.22. The second-order valence-electron chi connectivity index (χ2n) is 6.71. The average molecular weight is 352 g/mol. The fraction of sp³-hybridized carbons (Fsp3) is 0.364. The van der Waals surface area contributed by atoms with Crippen molar-refractivity contribution in [2.24, 2.45) is 0 Å². The summed E-state index contributed by atoms with van der Waals surface area (Å²) in [5, 5.41) is 5.70. The Kier molecular flexibility index (Phi) is 6.96. The van der Waals surface area contributed by atoms with Crippen LogP contribution in [0.5, 0.6) is 0 Å². The Morgan fingerprint density at radius 3 is 1.88 bits per heavy atom. The highest BCUT2D eigenvalue weighted by atomic mass is 16.2. The lowest BCUT2D eigenvalue weighted by molar-refractivity contribution is -0.123. The summed E-state index contributed by atoms with van der Waals surface area (Å²) in [7, 11) is 0. The lowest BCUT2D eigenvalue weighted by atomic mass is 10.0. The standard InChI is InChI=1S/C22H28N2O2/c1-5-16-8-7-9-17(6-2)22(16)24-21(26)14-20(25)23-19-12-10-18(11-13-19)15(3)4/h7-13,15H,5-6,14H2,1-4H3,(H,23,25)(H,24,26). The molecule has 4 heteroatoms. The Morgan fingerprint density at radius 2 is 1.38 bits per heavy atom. The summed E-state index contributed by atoms with van der Waals surface area (Å²) < 4.78 is 0. The van der Waals surface area contributed by atoms with Crippen LogP contribution in [0.15, 0.2) is 42.5 Å². The molecule has 0 fully saturated rings. The summed E-state index contributed by atoms with van der Waals surface area (Å²) in [5.41, 5.74) is 4.93. The molecule has 0 radical (unpaired) electrons. The highest BCUT2D eigenvalue weighted by Gasteiger charge is 2.14. The Balaban J connectivity index is 1.98. The van der Waals surface area contributed by atoms with Crippen LogP contribution in [0.3, 0.4) is 0 Å². The van der Waals surface area contributed by atoms with E-state index in [1.54, 1.807) is 0 Å². The highest BCUT2D eigenvalue weighted by Crippen LogP contribution is 2.23. The number of carbonyl (C=O) groups excluding carboxylic acids is 2. The van der Waals surface area contributed by atoms with Crippen LogP contribution in [-0.4, -0.2) is 11.8 Å². The first-order valence-corrected chi connectivity index (χ1v) is 9.25. The minimum absolute atomic E-state index is 0.201. The molecule has 4 nitrogen and oxygen atoms in total. The zero-order valence-electron chi connectivity index (χ0n) is 16.1. The molecule has 0 atom stereocenters. The molecule has 0 aliphatic carbocycles. The molecule has 0 heterocycles. The van der Waals surface area contributed by atoms with Gasteiger partial charge in [-0.1, -0.05) is 58.0 Å². The second-order valence-corrected chi connectivity index (χ2v) is 6.71. The predicted octanol–water partition coefficient (Wildman–Crippen LogP) is 4.90. The number of hydrogen-bond donors (Lipinski definition) is 2. The third-order valence-corrected chi connectivity index (χ3v) is 4.45. The van der Waals surface area contributed by atoms with Gasteiger partial charge in [0.1, 0.15) is 6.42 Å². The number of benzene rings is 2. The SMILES string of the molecule is CCc1cccc(CC)c1NC(=O)CC(=O)Nc1ccc(C(C)C)cc1. The van der Waals surface area contributed by atoms with E-state index in [1.807, 2.05) is 42.5 Å². The molecule has 2 N–H and O–H groups in total. The fourth-order valence-corrected chi connectivity index (χ4v) is 2.89. The number of amides is 2. The van der Waals surface area contributed by atoms with Crippen molar-refractivity contribution in [3.05, 3.63) is 59.2 Å². The summed E-state index contributed by atoms with van der Waals surface area (Å²) in [5.74, 6) is -0.166. The first-order chi connectivity index (χ1) is 12.4. The third kappa shape index (κ3) is 5.19. The van der Waals surface area contributed by atoms with Gasteiger partial charge < -0.3 is 10.6 Å². The van der Waals surface area contributed by atoms with Gasteiger partial charge in [-0.25, -0.2) is 0 Å². The van der Waals surface area contributed by atoms with Crippen LogP contribution >= 0.6 is 0 Å². The molecule has 26 heavy (non-hydrogen) atoms. The molecule has 0 unspecified atom stereocenters. The molecule has 2 rings (SSSR count). The largest absolute Gasteiger partial charge is 0.326 e. The number of aryl methyl sites for hydroxylation is 2. The quantitative estimate of drug-likeness (QED) is 0.696. The highest BCUT2D eigenvalue weighted by molar-refractivity contribution is 6.08. The Bertz CT molecular complexity index is 742. The van der Waals surface area contributed by atoms with Gasteiger partial charge in [0.2, 0.25) is 11.8 Å². The van der Waals surface area contributed by atoms with Crippen LogP contribution in [0.1, 0.15) is 56.7 Å². The van der Waals surface area contributed by atoms with Gasteiger partial charge in [0, 0.05) is 11.4 Å². The number of nitrogens with one attached hydrogen (secondary N) is 2. The van der Waals surface area contributed by atoms with E-state index in [1.165, 1.54) is 5.56 Å². The second kappa shape index (κ2) is 9.18. The maximum atomic E-state index is 12.3. The molecule has 0 aliphatic rings. The van der Waals surface area contributed by atoms with Crippen molar-refractivity contribution in [2.75, 3.05) is 10.6 Å². The number of para-hydroxylation sites is 1. The normalized spacial score (nSPS) is 10.7. The fourth-order valence-electron chi connectivity index (χ4n) is 2.89. The zero-order valence-corrected chi connectivity index (χ0v) is 16.1. The van der Waals surface area contributed by atoms with Crippen LogP contribution < -0.4 is 10.6 Å². The minimum Gasteiger partial charge on any atom is -0.326 e. The predicted molar refractivity (Wildman–Crippen MR) is 108 cm³/mol. The first kappa shape index (κ1) is 19.7. The van der Waals surface area contributed by atoms with Gasteiger partial charge in [-0.3, -0.25) is 9.59 Å². The number of hydrogen-bond acceptors (Lipinski definition) is 2. The number of anilines is 2. The molecular formula is C22H28N2O2. The summed E-state index contributed by atoms with van der Waals surface area (Å²) in [4.78, 5) is 24.5. The molecular weight excluding hydrogens is 324 g/mol. The molecule has 138 valence electrons. The average Bonchev–Trinajstić information content (AvgIpc) is 2.62. The van der Waals surface area contributed by atoms with Gasteiger partial charge in [0.25, 0.3) is 0 Å². The Morgan fingerprint density at radius 1 is 0.846 bits per heavy atom. The van der Waals surface area contributed by atoms with Crippen molar-refractivity contribution in [3.63, 3.8) is 0 Å². The van der Waals surface area contributed by atoms with Crippen LogP contribution in [0, 0.1) is 0 Å². The van der Waals surface area contributed by atoms with E-state index < -0.39 is 0 Å². The maximum absolute atomic E-state index is 12.3. The summed E-state index contributed by atoms with van der Waals surface area (Å²) in [6.45, 7) is 8.35. The molecule has 2 aromatic carbocycles. The summed E-state index contributed by atoms with van der Waals surface area (Å²) >= 11 is 0. The molecule has 0 saturated heterocycles. The van der Waals surface area contributed by atoms with E-state index in [2.05, 4.69) is 38.3 Å². The topological polar surface area (TPSA) is 58.2 Å². The van der Waals surface area contributed by atoms with E-state index in [-0.39, 0.29) is 18.2 Å². The van der Waals surface area contributed by atoms with Crippen LogP contribution in [0.4, 0.5) is 11.4 Å². The van der Waals surface area contributed by atoms with Gasteiger partial charge in [-0.2, -0.15) is 0 Å². The first-order valence-electron chi connectivity index (χ1n) is 9.25. The van der Waals surface area contributed by atoms with Crippen LogP contribution in [-0.2, 0) is 22.4 Å². The van der Waals surface area contributed by atoms with Crippen molar-refractivity contribution < 1.29 is 9.59 Å². The minimum atomic E-state index is -0.313. The molecule has 0 bridgehead atoms. The van der Waals surface area contributed by atoms with E-state index in [4.69, 9.17) is 0 Å². The summed E-state index contributed by atoms with van der Waals surface area (Å²) in [6.07, 6.45) is 1.46. The molecule has 2 aromatic rings. The molecule has 0 aromatic heterocycles. The van der Waals surface area contributed by atoms with Crippen LogP contribution in [0.25, 0.3) is 0 Å². The zero-order chi connectivity index (χ0) is 19.1. The van der Waals surface area contributed by atoms with E-state index in [9.17, 15) is 9.59 Å². The van der Waals surface area contributed by atoms with Crippen molar-refractivity contribution >= 4 is 23.2 Å². The van der Waals surface area contributed by atoms with Crippen molar-refractivity contribution in [3.8, 4) is 0 Å². The molecule has 0 spiro atoms. The number of rotatable bonds is 7. The van der Waals surface area contributed by atoms with Gasteiger partial charge in [-0.15, -0.1) is 0 Å². The molecule has 2 amide bonds. The van der Waals surface area contributed by atoms with Crippen LogP contribution in [0.2, 0.25) is 0 Å². The van der Waals surface area contributed by atoms with Crippen molar-refractivity contribution in [1.82, 2.24) is 0 Å². The smallest absolute Gasteiger partial charge is 0.233 e. The van der Waals surface area contributed by atoms with Gasteiger partial charge >= 0.3 is 0 Å². The monoisotopic (exact) mass is 352 g/mol. The van der Waals surface area contributed by atoms with E-state index in [0.717, 1.165) is 29.7 Å². The van der Waals surface area contributed by atoms with Gasteiger partial charge in [0.15, 0.2) is 0 Å².